The Morgan fingerprint density at radius 1 is 0.947 bits per heavy atom. The highest BCUT2D eigenvalue weighted by Gasteiger charge is 2.19. The highest BCUT2D eigenvalue weighted by atomic mass is 14.9. The van der Waals surface area contributed by atoms with Crippen LogP contribution in [0.25, 0.3) is 0 Å². The lowest BCUT2D eigenvalue weighted by molar-refractivity contribution is 0.336. The van der Waals surface area contributed by atoms with Crippen molar-refractivity contribution >= 4 is 0 Å². The third-order valence-corrected chi connectivity index (χ3v) is 4.35. The molecule has 0 amide bonds. The number of aryl methyl sites for hydroxylation is 3. The summed E-state index contributed by atoms with van der Waals surface area (Å²) in [4.78, 5) is 0. The zero-order valence-corrected chi connectivity index (χ0v) is 13.6. The summed E-state index contributed by atoms with van der Waals surface area (Å²) in [7, 11) is 0. The lowest BCUT2D eigenvalue weighted by Gasteiger charge is -2.27. The van der Waals surface area contributed by atoms with E-state index < -0.39 is 0 Å². The van der Waals surface area contributed by atoms with E-state index in [0.29, 0.717) is 6.04 Å². The van der Waals surface area contributed by atoms with Crippen LogP contribution >= 0.6 is 0 Å². The molecule has 0 aromatic heterocycles. The van der Waals surface area contributed by atoms with Crippen molar-refractivity contribution in [3.05, 3.63) is 34.4 Å². The zero-order valence-electron chi connectivity index (χ0n) is 13.6. The molecule has 0 fully saturated rings. The van der Waals surface area contributed by atoms with E-state index in [1.165, 1.54) is 29.5 Å². The molecule has 19 heavy (non-hydrogen) atoms. The Labute approximate surface area is 119 Å². The van der Waals surface area contributed by atoms with Gasteiger partial charge in [-0.1, -0.05) is 51.3 Å². The summed E-state index contributed by atoms with van der Waals surface area (Å²) < 4.78 is 0. The van der Waals surface area contributed by atoms with Crippen molar-refractivity contribution < 1.29 is 0 Å². The van der Waals surface area contributed by atoms with Gasteiger partial charge in [-0.3, -0.25) is 0 Å². The Hall–Kier alpha value is -0.820. The van der Waals surface area contributed by atoms with Crippen molar-refractivity contribution in [1.29, 1.82) is 0 Å². The minimum atomic E-state index is 0.611. The van der Waals surface area contributed by atoms with Crippen LogP contribution in [-0.4, -0.2) is 12.6 Å². The van der Waals surface area contributed by atoms with Gasteiger partial charge in [-0.2, -0.15) is 0 Å². The Morgan fingerprint density at radius 3 is 1.89 bits per heavy atom. The van der Waals surface area contributed by atoms with Gasteiger partial charge in [0.2, 0.25) is 0 Å². The van der Waals surface area contributed by atoms with Crippen molar-refractivity contribution in [2.24, 2.45) is 5.92 Å². The van der Waals surface area contributed by atoms with Crippen LogP contribution in [0.3, 0.4) is 0 Å². The Kier molecular flexibility index (Phi) is 6.57. The van der Waals surface area contributed by atoms with E-state index >= 15 is 0 Å². The molecule has 0 spiro atoms. The minimum absolute atomic E-state index is 0.611. The van der Waals surface area contributed by atoms with Gasteiger partial charge in [0.1, 0.15) is 0 Å². The lowest BCUT2D eigenvalue weighted by Crippen LogP contribution is -2.38. The highest BCUT2D eigenvalue weighted by molar-refractivity contribution is 5.38. The fourth-order valence-corrected chi connectivity index (χ4v) is 3.28. The predicted molar refractivity (Wildman–Crippen MR) is 85.9 cm³/mol. The van der Waals surface area contributed by atoms with Gasteiger partial charge >= 0.3 is 0 Å². The summed E-state index contributed by atoms with van der Waals surface area (Å²) in [6.07, 6.45) is 3.69. The van der Waals surface area contributed by atoms with Crippen molar-refractivity contribution in [2.75, 3.05) is 6.54 Å². The molecule has 1 aromatic rings. The number of hydrogen-bond acceptors (Lipinski definition) is 1. The zero-order chi connectivity index (χ0) is 14.4. The molecule has 0 radical (unpaired) electrons. The Balaban J connectivity index is 2.96. The van der Waals surface area contributed by atoms with Crippen LogP contribution in [0.2, 0.25) is 0 Å². The molecule has 1 atom stereocenters. The first kappa shape index (κ1) is 16.2. The Morgan fingerprint density at radius 2 is 1.47 bits per heavy atom. The molecule has 108 valence electrons. The second kappa shape index (κ2) is 7.69. The molecule has 0 heterocycles. The van der Waals surface area contributed by atoms with Crippen molar-refractivity contribution in [3.8, 4) is 0 Å². The largest absolute Gasteiger partial charge is 0.314 e. The molecule has 0 aliphatic carbocycles. The normalized spacial score (nSPS) is 13.0. The summed E-state index contributed by atoms with van der Waals surface area (Å²) in [6, 6.07) is 5.25. The maximum atomic E-state index is 3.70. The SMILES string of the molecule is CCNC(Cc1c(C)cc(C)cc1C)C(CC)CC. The summed E-state index contributed by atoms with van der Waals surface area (Å²) in [5.41, 5.74) is 5.82. The molecule has 0 bridgehead atoms. The van der Waals surface area contributed by atoms with Crippen LogP contribution in [0.4, 0.5) is 0 Å². The van der Waals surface area contributed by atoms with E-state index in [4.69, 9.17) is 0 Å². The quantitative estimate of drug-likeness (QED) is 0.758. The van der Waals surface area contributed by atoms with Gasteiger partial charge in [-0.05, 0) is 56.3 Å². The van der Waals surface area contributed by atoms with Crippen LogP contribution in [0.5, 0.6) is 0 Å². The van der Waals surface area contributed by atoms with Crippen LogP contribution in [0.15, 0.2) is 12.1 Å². The molecule has 1 rings (SSSR count). The molecule has 1 aromatic carbocycles. The molecular weight excluding hydrogens is 230 g/mol. The molecule has 0 aliphatic rings. The molecular formula is C18H31N. The number of rotatable bonds is 7. The van der Waals surface area contributed by atoms with Crippen LogP contribution in [0, 0.1) is 26.7 Å². The molecule has 1 heteroatoms. The molecule has 0 saturated carbocycles. The van der Waals surface area contributed by atoms with Crippen LogP contribution < -0.4 is 5.32 Å². The van der Waals surface area contributed by atoms with Crippen LogP contribution in [0.1, 0.15) is 55.9 Å². The van der Waals surface area contributed by atoms with Gasteiger partial charge in [-0.25, -0.2) is 0 Å². The topological polar surface area (TPSA) is 12.0 Å². The van der Waals surface area contributed by atoms with Crippen molar-refractivity contribution in [2.45, 2.75) is 66.8 Å². The third-order valence-electron chi connectivity index (χ3n) is 4.35. The maximum Gasteiger partial charge on any atom is 0.0136 e. The van der Waals surface area contributed by atoms with Crippen molar-refractivity contribution in [1.82, 2.24) is 5.32 Å². The van der Waals surface area contributed by atoms with Gasteiger partial charge in [0, 0.05) is 6.04 Å². The van der Waals surface area contributed by atoms with Gasteiger partial charge in [-0.15, -0.1) is 0 Å². The second-order valence-corrected chi connectivity index (χ2v) is 5.82. The molecule has 1 N–H and O–H groups in total. The van der Waals surface area contributed by atoms with E-state index in [1.54, 1.807) is 5.56 Å². The standard InChI is InChI=1S/C18H31N/c1-7-16(8-2)18(19-9-3)12-17-14(5)10-13(4)11-15(17)6/h10-11,16,18-19H,7-9,12H2,1-6H3. The van der Waals surface area contributed by atoms with Gasteiger partial charge < -0.3 is 5.32 Å². The molecule has 1 unspecified atom stereocenters. The van der Waals surface area contributed by atoms with E-state index in [0.717, 1.165) is 18.9 Å². The number of likely N-dealkylation sites (N-methyl/N-ethyl adjacent to an activating group) is 1. The summed E-state index contributed by atoms with van der Waals surface area (Å²) >= 11 is 0. The van der Waals surface area contributed by atoms with E-state index in [1.807, 2.05) is 0 Å². The average molecular weight is 261 g/mol. The molecule has 1 nitrogen and oxygen atoms in total. The third kappa shape index (κ3) is 4.35. The summed E-state index contributed by atoms with van der Waals surface area (Å²) in [5, 5.41) is 3.70. The minimum Gasteiger partial charge on any atom is -0.314 e. The smallest absolute Gasteiger partial charge is 0.0136 e. The van der Waals surface area contributed by atoms with Gasteiger partial charge in [0.05, 0.1) is 0 Å². The summed E-state index contributed by atoms with van der Waals surface area (Å²) in [6.45, 7) is 14.6. The first-order chi connectivity index (χ1) is 9.03. The summed E-state index contributed by atoms with van der Waals surface area (Å²) in [5.74, 6) is 0.778. The molecule has 0 aliphatic heterocycles. The fraction of sp³-hybridized carbons (Fsp3) is 0.667. The number of hydrogen-bond donors (Lipinski definition) is 1. The Bertz CT molecular complexity index is 368. The van der Waals surface area contributed by atoms with Crippen molar-refractivity contribution in [3.63, 3.8) is 0 Å². The fourth-order valence-electron chi connectivity index (χ4n) is 3.28. The highest BCUT2D eigenvalue weighted by Crippen LogP contribution is 2.23. The van der Waals surface area contributed by atoms with Crippen LogP contribution in [-0.2, 0) is 6.42 Å². The maximum absolute atomic E-state index is 3.70. The van der Waals surface area contributed by atoms with E-state index in [-0.39, 0.29) is 0 Å². The monoisotopic (exact) mass is 261 g/mol. The first-order valence-corrected chi connectivity index (χ1v) is 7.83. The second-order valence-electron chi connectivity index (χ2n) is 5.82. The van der Waals surface area contributed by atoms with Gasteiger partial charge in [0.25, 0.3) is 0 Å². The van der Waals surface area contributed by atoms with E-state index in [9.17, 15) is 0 Å². The predicted octanol–water partition coefficient (Wildman–Crippen LogP) is 4.57. The number of nitrogens with one attached hydrogen (secondary N) is 1. The van der Waals surface area contributed by atoms with E-state index in [2.05, 4.69) is 59.0 Å². The first-order valence-electron chi connectivity index (χ1n) is 7.83. The molecule has 0 saturated heterocycles. The lowest BCUT2D eigenvalue weighted by atomic mass is 9.86. The van der Waals surface area contributed by atoms with Gasteiger partial charge in [0.15, 0.2) is 0 Å². The average Bonchev–Trinajstić information content (AvgIpc) is 2.34. The number of benzene rings is 1.